The molecule has 1 fully saturated rings. The van der Waals surface area contributed by atoms with Gasteiger partial charge in [-0.1, -0.05) is 13.0 Å². The summed E-state index contributed by atoms with van der Waals surface area (Å²) < 4.78 is 6.45. The molecule has 2 aromatic rings. The van der Waals surface area contributed by atoms with Gasteiger partial charge in [0.25, 0.3) is 0 Å². The van der Waals surface area contributed by atoms with Crippen LogP contribution >= 0.6 is 0 Å². The number of ether oxygens (including phenoxy) is 1. The predicted octanol–water partition coefficient (Wildman–Crippen LogP) is 3.84. The fourth-order valence-electron chi connectivity index (χ4n) is 3.95. The Hall–Kier alpha value is -2.36. The molecule has 0 N–H and O–H groups in total. The number of piperidine rings is 1. The number of benzene rings is 1. The fourth-order valence-corrected chi connectivity index (χ4v) is 3.95. The molecule has 1 amide bonds. The van der Waals surface area contributed by atoms with E-state index in [-0.39, 0.29) is 11.5 Å². The number of carbonyl (C=O) groups is 1. The van der Waals surface area contributed by atoms with Gasteiger partial charge < -0.3 is 9.64 Å². The Balaban J connectivity index is 1.50. The van der Waals surface area contributed by atoms with Gasteiger partial charge in [0, 0.05) is 44.1 Å². The van der Waals surface area contributed by atoms with Crippen molar-refractivity contribution in [2.24, 2.45) is 0 Å². The third-order valence-electron chi connectivity index (χ3n) is 5.53. The molecule has 0 unspecified atom stereocenters. The predicted molar refractivity (Wildman–Crippen MR) is 97.5 cm³/mol. The largest absolute Gasteiger partial charge is 0.487 e. The molecule has 1 spiro atoms. The molecule has 3 heterocycles. The third-order valence-corrected chi connectivity index (χ3v) is 5.53. The summed E-state index contributed by atoms with van der Waals surface area (Å²) in [4.78, 5) is 18.3. The van der Waals surface area contributed by atoms with Crippen LogP contribution in [0.1, 0.15) is 38.2 Å². The number of amides is 1. The van der Waals surface area contributed by atoms with Crippen molar-refractivity contribution in [3.05, 3.63) is 48.2 Å². The highest BCUT2D eigenvalue weighted by molar-refractivity contribution is 5.75. The van der Waals surface area contributed by atoms with Crippen molar-refractivity contribution in [1.82, 2.24) is 9.88 Å². The van der Waals surface area contributed by atoms with Crippen LogP contribution < -0.4 is 4.74 Å². The van der Waals surface area contributed by atoms with Gasteiger partial charge in [-0.25, -0.2) is 0 Å². The maximum Gasteiger partial charge on any atom is 0.222 e. The lowest BCUT2D eigenvalue weighted by atomic mass is 9.82. The van der Waals surface area contributed by atoms with Crippen LogP contribution in [0.4, 0.5) is 0 Å². The smallest absolute Gasteiger partial charge is 0.222 e. The standard InChI is InChI=1S/C21H24N2O2/c1-2-20(24)23-13-10-21(11-14-23)9-8-17-15-16(6-7-19(17)25-21)18-5-3-4-12-22-18/h3-7,12,15H,2,8-11,13-14H2,1H3. The molecule has 2 aliphatic rings. The van der Waals surface area contributed by atoms with Crippen LogP contribution in [-0.2, 0) is 11.2 Å². The van der Waals surface area contributed by atoms with E-state index in [0.29, 0.717) is 6.42 Å². The minimum absolute atomic E-state index is 0.0932. The van der Waals surface area contributed by atoms with Crippen molar-refractivity contribution in [1.29, 1.82) is 0 Å². The normalized spacial score (nSPS) is 18.5. The zero-order valence-corrected chi connectivity index (χ0v) is 14.7. The maximum atomic E-state index is 11.9. The molecule has 0 aliphatic carbocycles. The molecular formula is C21H24N2O2. The Morgan fingerprint density at radius 3 is 2.76 bits per heavy atom. The highest BCUT2D eigenvalue weighted by Crippen LogP contribution is 2.40. The molecule has 0 saturated carbocycles. The fraction of sp³-hybridized carbons (Fsp3) is 0.429. The molecule has 130 valence electrons. The Bertz CT molecular complexity index is 765. The second-order valence-electron chi connectivity index (χ2n) is 7.06. The summed E-state index contributed by atoms with van der Waals surface area (Å²) in [6, 6.07) is 12.4. The van der Waals surface area contributed by atoms with Gasteiger partial charge in [0.2, 0.25) is 5.91 Å². The van der Waals surface area contributed by atoms with E-state index in [1.807, 2.05) is 36.2 Å². The van der Waals surface area contributed by atoms with Gasteiger partial charge in [0.05, 0.1) is 5.69 Å². The van der Waals surface area contributed by atoms with Crippen molar-refractivity contribution in [2.45, 2.75) is 44.6 Å². The second-order valence-corrected chi connectivity index (χ2v) is 7.06. The first-order valence-corrected chi connectivity index (χ1v) is 9.20. The van der Waals surface area contributed by atoms with E-state index < -0.39 is 0 Å². The number of pyridine rings is 1. The minimum atomic E-state index is -0.0932. The van der Waals surface area contributed by atoms with Crippen LogP contribution in [0.2, 0.25) is 0 Å². The number of nitrogens with zero attached hydrogens (tertiary/aromatic N) is 2. The average Bonchev–Trinajstić information content (AvgIpc) is 2.68. The van der Waals surface area contributed by atoms with Crippen molar-refractivity contribution >= 4 is 5.91 Å². The van der Waals surface area contributed by atoms with E-state index in [4.69, 9.17) is 4.74 Å². The number of aromatic nitrogens is 1. The zero-order chi connectivity index (χ0) is 17.3. The van der Waals surface area contributed by atoms with E-state index in [1.54, 1.807) is 0 Å². The van der Waals surface area contributed by atoms with E-state index in [2.05, 4.69) is 23.2 Å². The molecule has 1 aromatic heterocycles. The zero-order valence-electron chi connectivity index (χ0n) is 14.7. The summed E-state index contributed by atoms with van der Waals surface area (Å²) in [6.07, 6.45) is 6.33. The second kappa shape index (κ2) is 6.51. The summed E-state index contributed by atoms with van der Waals surface area (Å²) >= 11 is 0. The third kappa shape index (κ3) is 3.13. The van der Waals surface area contributed by atoms with Crippen LogP contribution in [0, 0.1) is 0 Å². The molecule has 0 bridgehead atoms. The number of hydrogen-bond donors (Lipinski definition) is 0. The highest BCUT2D eigenvalue weighted by atomic mass is 16.5. The lowest BCUT2D eigenvalue weighted by Gasteiger charge is -2.44. The summed E-state index contributed by atoms with van der Waals surface area (Å²) in [5.41, 5.74) is 3.31. The number of carbonyl (C=O) groups excluding carboxylic acids is 1. The van der Waals surface area contributed by atoms with Crippen molar-refractivity contribution in [2.75, 3.05) is 13.1 Å². The van der Waals surface area contributed by atoms with E-state index in [0.717, 1.165) is 55.8 Å². The topological polar surface area (TPSA) is 42.4 Å². The number of rotatable bonds is 2. The van der Waals surface area contributed by atoms with Crippen molar-refractivity contribution in [3.63, 3.8) is 0 Å². The van der Waals surface area contributed by atoms with E-state index in [1.165, 1.54) is 5.56 Å². The Morgan fingerprint density at radius 1 is 1.20 bits per heavy atom. The molecule has 0 radical (unpaired) electrons. The van der Waals surface area contributed by atoms with Gasteiger partial charge in [-0.15, -0.1) is 0 Å². The van der Waals surface area contributed by atoms with Crippen LogP contribution in [0.3, 0.4) is 0 Å². The van der Waals surface area contributed by atoms with Gasteiger partial charge in [-0.2, -0.15) is 0 Å². The molecule has 4 rings (SSSR count). The molecule has 1 saturated heterocycles. The Labute approximate surface area is 148 Å². The number of fused-ring (bicyclic) bond motifs is 1. The Kier molecular flexibility index (Phi) is 4.20. The summed E-state index contributed by atoms with van der Waals surface area (Å²) in [5, 5.41) is 0. The average molecular weight is 336 g/mol. The molecular weight excluding hydrogens is 312 g/mol. The van der Waals surface area contributed by atoms with Crippen LogP contribution in [-0.4, -0.2) is 34.5 Å². The van der Waals surface area contributed by atoms with Gasteiger partial charge >= 0.3 is 0 Å². The van der Waals surface area contributed by atoms with Crippen LogP contribution in [0.5, 0.6) is 5.75 Å². The molecule has 1 aromatic carbocycles. The lowest BCUT2D eigenvalue weighted by molar-refractivity contribution is -0.134. The number of aryl methyl sites for hydroxylation is 1. The monoisotopic (exact) mass is 336 g/mol. The van der Waals surface area contributed by atoms with Crippen LogP contribution in [0.15, 0.2) is 42.6 Å². The van der Waals surface area contributed by atoms with E-state index in [9.17, 15) is 4.79 Å². The highest BCUT2D eigenvalue weighted by Gasteiger charge is 2.40. The molecule has 0 atom stereocenters. The maximum absolute atomic E-state index is 11.9. The van der Waals surface area contributed by atoms with Gasteiger partial charge in [0.15, 0.2) is 0 Å². The Morgan fingerprint density at radius 2 is 2.04 bits per heavy atom. The first-order valence-electron chi connectivity index (χ1n) is 9.20. The summed E-state index contributed by atoms with van der Waals surface area (Å²) in [7, 11) is 0. The molecule has 4 heteroatoms. The van der Waals surface area contributed by atoms with Crippen LogP contribution in [0.25, 0.3) is 11.3 Å². The number of likely N-dealkylation sites (tertiary alicyclic amines) is 1. The van der Waals surface area contributed by atoms with Crippen molar-refractivity contribution < 1.29 is 9.53 Å². The van der Waals surface area contributed by atoms with Gasteiger partial charge in [-0.3, -0.25) is 9.78 Å². The van der Waals surface area contributed by atoms with Crippen molar-refractivity contribution in [3.8, 4) is 17.0 Å². The van der Waals surface area contributed by atoms with Gasteiger partial charge in [0.1, 0.15) is 11.4 Å². The molecule has 2 aliphatic heterocycles. The summed E-state index contributed by atoms with van der Waals surface area (Å²) in [6.45, 7) is 3.56. The SMILES string of the molecule is CCC(=O)N1CCC2(CCc3cc(-c4ccccn4)ccc3O2)CC1. The quantitative estimate of drug-likeness (QED) is 0.837. The molecule has 4 nitrogen and oxygen atoms in total. The number of hydrogen-bond acceptors (Lipinski definition) is 3. The van der Waals surface area contributed by atoms with Gasteiger partial charge in [-0.05, 0) is 48.7 Å². The van der Waals surface area contributed by atoms with E-state index >= 15 is 0 Å². The lowest BCUT2D eigenvalue weighted by Crippen LogP contribution is -2.51. The minimum Gasteiger partial charge on any atom is -0.487 e. The summed E-state index contributed by atoms with van der Waals surface area (Å²) in [5.74, 6) is 1.26. The first kappa shape index (κ1) is 16.1. The first-order chi connectivity index (χ1) is 12.2. The molecule has 25 heavy (non-hydrogen) atoms.